The van der Waals surface area contributed by atoms with Crippen LogP contribution in [0.25, 0.3) is 0 Å². The van der Waals surface area contributed by atoms with Gasteiger partial charge in [0.2, 0.25) is 5.91 Å². The number of hydrogen-bond acceptors (Lipinski definition) is 6. The Hall–Kier alpha value is -2.29. The number of fused-ring (bicyclic) bond motifs is 1. The van der Waals surface area contributed by atoms with Crippen LogP contribution in [0.3, 0.4) is 0 Å². The lowest BCUT2D eigenvalue weighted by Gasteiger charge is -2.40. The SMILES string of the molecule is C=CCCCOC(=O)[C@@H]1[C@H]2C(=O)N(CCCCCO)C(C(=O)N(CC=C)c3ccc(Cl)cc3)C23S[C@@H]1CC3C. The van der Waals surface area contributed by atoms with Crippen molar-refractivity contribution in [3.05, 3.63) is 54.6 Å². The molecule has 2 bridgehead atoms. The molecule has 3 aliphatic rings. The summed E-state index contributed by atoms with van der Waals surface area (Å²) in [6.07, 6.45) is 7.71. The quantitative estimate of drug-likeness (QED) is 0.194. The van der Waals surface area contributed by atoms with Crippen molar-refractivity contribution in [3.8, 4) is 0 Å². The number of carbonyl (C=O) groups excluding carboxylic acids is 3. The Kier molecular flexibility index (Phi) is 9.83. The highest BCUT2D eigenvalue weighted by Gasteiger charge is 2.76. The number of esters is 1. The molecule has 3 heterocycles. The van der Waals surface area contributed by atoms with E-state index in [1.807, 2.05) is 0 Å². The molecule has 4 rings (SSSR count). The normalized spacial score (nSPS) is 28.8. The van der Waals surface area contributed by atoms with Gasteiger partial charge in [0.15, 0.2) is 0 Å². The minimum Gasteiger partial charge on any atom is -0.465 e. The Morgan fingerprint density at radius 3 is 2.62 bits per heavy atom. The zero-order chi connectivity index (χ0) is 28.2. The number of thioether (sulfide) groups is 1. The van der Waals surface area contributed by atoms with Gasteiger partial charge in [-0.2, -0.15) is 0 Å². The summed E-state index contributed by atoms with van der Waals surface area (Å²) in [5.41, 5.74) is 0.681. The van der Waals surface area contributed by atoms with Gasteiger partial charge >= 0.3 is 5.97 Å². The minimum atomic E-state index is -0.719. The first-order valence-electron chi connectivity index (χ1n) is 13.9. The van der Waals surface area contributed by atoms with E-state index >= 15 is 0 Å². The van der Waals surface area contributed by atoms with Gasteiger partial charge < -0.3 is 19.6 Å². The van der Waals surface area contributed by atoms with E-state index in [1.54, 1.807) is 58.0 Å². The number of allylic oxidation sites excluding steroid dienone is 1. The monoisotopic (exact) mass is 574 g/mol. The molecule has 39 heavy (non-hydrogen) atoms. The largest absolute Gasteiger partial charge is 0.465 e. The van der Waals surface area contributed by atoms with E-state index in [2.05, 4.69) is 20.1 Å². The number of unbranched alkanes of at least 4 members (excludes halogenated alkanes) is 3. The lowest BCUT2D eigenvalue weighted by Crippen LogP contribution is -2.57. The van der Waals surface area contributed by atoms with Crippen molar-refractivity contribution in [2.24, 2.45) is 17.8 Å². The van der Waals surface area contributed by atoms with Crippen molar-refractivity contribution >= 4 is 46.8 Å². The Morgan fingerprint density at radius 2 is 1.95 bits per heavy atom. The first-order chi connectivity index (χ1) is 18.8. The number of likely N-dealkylation sites (tertiary alicyclic amines) is 1. The van der Waals surface area contributed by atoms with E-state index in [0.29, 0.717) is 43.1 Å². The van der Waals surface area contributed by atoms with Gasteiger partial charge in [0.25, 0.3) is 5.91 Å². The van der Waals surface area contributed by atoms with Crippen molar-refractivity contribution < 1.29 is 24.2 Å². The van der Waals surface area contributed by atoms with E-state index < -0.39 is 22.6 Å². The Morgan fingerprint density at radius 1 is 1.21 bits per heavy atom. The standard InChI is InChI=1S/C30H39ClN2O5S/c1-4-6-10-18-38-29(37)24-23-19-20(3)30(39-23)25(24)27(35)33(16-8-7-9-17-34)26(30)28(36)32(15-5-2)22-13-11-21(31)12-14-22/h4-5,11-14,20,23-26,34H,1-2,6-10,15-19H2,3H3/t20?,23-,24+,25+,26?,30?/m1/s1. The molecule has 212 valence electrons. The third-order valence-corrected chi connectivity index (χ3v) is 10.6. The number of carbonyl (C=O) groups is 3. The first-order valence-corrected chi connectivity index (χ1v) is 15.1. The maximum absolute atomic E-state index is 14.5. The third-order valence-electron chi connectivity index (χ3n) is 8.32. The molecular formula is C30H39ClN2O5S. The molecule has 1 aromatic carbocycles. The lowest BCUT2D eigenvalue weighted by molar-refractivity contribution is -0.154. The zero-order valence-electron chi connectivity index (χ0n) is 22.6. The summed E-state index contributed by atoms with van der Waals surface area (Å²) in [5, 5.41) is 9.77. The van der Waals surface area contributed by atoms with Crippen LogP contribution < -0.4 is 4.90 Å². The van der Waals surface area contributed by atoms with E-state index in [0.717, 1.165) is 19.3 Å². The molecule has 3 unspecified atom stereocenters. The third kappa shape index (κ3) is 5.52. The van der Waals surface area contributed by atoms with E-state index in [9.17, 15) is 19.5 Å². The predicted molar refractivity (Wildman–Crippen MR) is 156 cm³/mol. The van der Waals surface area contributed by atoms with E-state index in [4.69, 9.17) is 16.3 Å². The van der Waals surface area contributed by atoms with Gasteiger partial charge in [-0.1, -0.05) is 30.7 Å². The van der Waals surface area contributed by atoms with Gasteiger partial charge in [-0.15, -0.1) is 24.9 Å². The van der Waals surface area contributed by atoms with Crippen LogP contribution in [0.2, 0.25) is 5.02 Å². The summed E-state index contributed by atoms with van der Waals surface area (Å²) in [6.45, 7) is 10.7. The molecule has 1 spiro atoms. The highest BCUT2D eigenvalue weighted by molar-refractivity contribution is 8.02. The fourth-order valence-corrected chi connectivity index (χ4v) is 9.13. The summed E-state index contributed by atoms with van der Waals surface area (Å²) < 4.78 is 4.94. The topological polar surface area (TPSA) is 87.1 Å². The van der Waals surface area contributed by atoms with Crippen molar-refractivity contribution in [2.45, 2.75) is 61.5 Å². The second-order valence-corrected chi connectivity index (χ2v) is 12.7. The number of anilines is 1. The second kappa shape index (κ2) is 12.9. The highest BCUT2D eigenvalue weighted by atomic mass is 35.5. The number of benzene rings is 1. The lowest BCUT2D eigenvalue weighted by atomic mass is 9.66. The van der Waals surface area contributed by atoms with E-state index in [1.165, 1.54) is 0 Å². The van der Waals surface area contributed by atoms with Gasteiger partial charge in [0, 0.05) is 35.7 Å². The second-order valence-electron chi connectivity index (χ2n) is 10.7. The molecule has 0 aromatic heterocycles. The van der Waals surface area contributed by atoms with Crippen LogP contribution in [0.4, 0.5) is 5.69 Å². The summed E-state index contributed by atoms with van der Waals surface area (Å²) in [4.78, 5) is 45.5. The summed E-state index contributed by atoms with van der Waals surface area (Å²) >= 11 is 7.77. The maximum atomic E-state index is 14.5. The van der Waals surface area contributed by atoms with Crippen LogP contribution in [0, 0.1) is 17.8 Å². The first kappa shape index (κ1) is 29.7. The summed E-state index contributed by atoms with van der Waals surface area (Å²) in [7, 11) is 0. The molecule has 3 fully saturated rings. The van der Waals surface area contributed by atoms with Crippen LogP contribution in [0.1, 0.15) is 45.4 Å². The molecule has 0 radical (unpaired) electrons. The van der Waals surface area contributed by atoms with Crippen molar-refractivity contribution in [3.63, 3.8) is 0 Å². The van der Waals surface area contributed by atoms with Gasteiger partial charge in [0.05, 0.1) is 23.2 Å². The number of nitrogens with zero attached hydrogens (tertiary/aromatic N) is 2. The number of aliphatic hydroxyl groups excluding tert-OH is 1. The van der Waals surface area contributed by atoms with Crippen LogP contribution in [0.5, 0.6) is 0 Å². The molecule has 6 atom stereocenters. The van der Waals surface area contributed by atoms with Gasteiger partial charge in [-0.05, 0) is 68.7 Å². The highest BCUT2D eigenvalue weighted by Crippen LogP contribution is 2.68. The van der Waals surface area contributed by atoms with E-state index in [-0.39, 0.29) is 42.1 Å². The number of halogens is 1. The molecule has 0 saturated carbocycles. The molecule has 1 aromatic rings. The molecule has 2 amide bonds. The molecule has 0 aliphatic carbocycles. The number of hydrogen-bond donors (Lipinski definition) is 1. The smallest absolute Gasteiger partial charge is 0.310 e. The predicted octanol–water partition coefficient (Wildman–Crippen LogP) is 4.87. The van der Waals surface area contributed by atoms with Crippen molar-refractivity contribution in [1.82, 2.24) is 4.90 Å². The minimum absolute atomic E-state index is 0.0592. The fraction of sp³-hybridized carbons (Fsp3) is 0.567. The molecule has 9 heteroatoms. The van der Waals surface area contributed by atoms with Crippen LogP contribution in [0.15, 0.2) is 49.6 Å². The van der Waals surface area contributed by atoms with Gasteiger partial charge in [-0.25, -0.2) is 0 Å². The number of amides is 2. The Labute approximate surface area is 240 Å². The molecule has 3 saturated heterocycles. The average Bonchev–Trinajstić information content (AvgIpc) is 3.51. The molecule has 3 aliphatic heterocycles. The average molecular weight is 575 g/mol. The Balaban J connectivity index is 1.70. The molecular weight excluding hydrogens is 536 g/mol. The van der Waals surface area contributed by atoms with Crippen LogP contribution >= 0.6 is 23.4 Å². The number of ether oxygens (including phenoxy) is 1. The van der Waals surface area contributed by atoms with Gasteiger partial charge in [0.1, 0.15) is 6.04 Å². The fourth-order valence-electron chi connectivity index (χ4n) is 6.60. The number of aliphatic hydroxyl groups is 1. The maximum Gasteiger partial charge on any atom is 0.310 e. The van der Waals surface area contributed by atoms with Crippen LogP contribution in [-0.4, -0.2) is 70.1 Å². The van der Waals surface area contributed by atoms with Gasteiger partial charge in [-0.3, -0.25) is 14.4 Å². The van der Waals surface area contributed by atoms with Crippen molar-refractivity contribution in [1.29, 1.82) is 0 Å². The zero-order valence-corrected chi connectivity index (χ0v) is 24.2. The number of rotatable bonds is 14. The van der Waals surface area contributed by atoms with Crippen LogP contribution in [-0.2, 0) is 19.1 Å². The molecule has 7 nitrogen and oxygen atoms in total. The molecule has 1 N–H and O–H groups in total. The summed E-state index contributed by atoms with van der Waals surface area (Å²) in [5.74, 6) is -1.75. The van der Waals surface area contributed by atoms with Crippen molar-refractivity contribution in [2.75, 3.05) is 31.2 Å². The Bertz CT molecular complexity index is 1080. The summed E-state index contributed by atoms with van der Waals surface area (Å²) in [6, 6.07) is 6.36.